The lowest BCUT2D eigenvalue weighted by Crippen LogP contribution is -2.32. The van der Waals surface area contributed by atoms with E-state index in [1.165, 1.54) is 5.56 Å². The highest BCUT2D eigenvalue weighted by Gasteiger charge is 2.13. The van der Waals surface area contributed by atoms with Crippen LogP contribution in [0.25, 0.3) is 0 Å². The summed E-state index contributed by atoms with van der Waals surface area (Å²) in [5.41, 5.74) is 2.97. The summed E-state index contributed by atoms with van der Waals surface area (Å²) in [7, 11) is 7.20. The van der Waals surface area contributed by atoms with E-state index in [2.05, 4.69) is 46.3 Å². The van der Waals surface area contributed by atoms with Crippen LogP contribution in [0.15, 0.2) is 42.5 Å². The number of benzene rings is 2. The van der Waals surface area contributed by atoms with E-state index in [-0.39, 0.29) is 5.91 Å². The molecule has 6 heteroatoms. The van der Waals surface area contributed by atoms with Crippen molar-refractivity contribution >= 4 is 17.3 Å². The van der Waals surface area contributed by atoms with Crippen LogP contribution in [0.4, 0.5) is 11.4 Å². The molecule has 0 fully saturated rings. The Kier molecular flexibility index (Phi) is 7.49. The fourth-order valence-electron chi connectivity index (χ4n) is 2.73. The molecule has 2 rings (SSSR count). The average Bonchev–Trinajstić information content (AvgIpc) is 2.68. The molecule has 0 aliphatic carbocycles. The van der Waals surface area contributed by atoms with Crippen LogP contribution in [0, 0.1) is 0 Å². The fourth-order valence-corrected chi connectivity index (χ4v) is 2.73. The van der Waals surface area contributed by atoms with Crippen molar-refractivity contribution in [2.24, 2.45) is 0 Å². The zero-order chi connectivity index (χ0) is 19.8. The maximum atomic E-state index is 12.5. The Labute approximate surface area is 161 Å². The van der Waals surface area contributed by atoms with Gasteiger partial charge in [-0.2, -0.15) is 0 Å². The van der Waals surface area contributed by atoms with Crippen molar-refractivity contribution in [3.63, 3.8) is 0 Å². The number of carbonyl (C=O) groups is 1. The Morgan fingerprint density at radius 3 is 2.30 bits per heavy atom. The summed E-state index contributed by atoms with van der Waals surface area (Å²) in [5.74, 6) is 1.18. The van der Waals surface area contributed by atoms with Crippen LogP contribution in [0.2, 0.25) is 0 Å². The third-order valence-electron chi connectivity index (χ3n) is 4.36. The third kappa shape index (κ3) is 5.89. The maximum absolute atomic E-state index is 12.5. The van der Waals surface area contributed by atoms with Crippen LogP contribution in [0.3, 0.4) is 0 Å². The molecule has 1 N–H and O–H groups in total. The summed E-state index contributed by atoms with van der Waals surface area (Å²) in [6.07, 6.45) is 0. The molecule has 0 saturated carbocycles. The summed E-state index contributed by atoms with van der Waals surface area (Å²) in [6.45, 7) is 3.86. The van der Waals surface area contributed by atoms with Crippen molar-refractivity contribution in [3.05, 3.63) is 48.0 Å². The highest BCUT2D eigenvalue weighted by molar-refractivity contribution is 5.93. The number of ether oxygens (including phenoxy) is 2. The average molecular weight is 371 g/mol. The van der Waals surface area contributed by atoms with Gasteiger partial charge >= 0.3 is 0 Å². The van der Waals surface area contributed by atoms with E-state index in [1.54, 1.807) is 32.4 Å². The van der Waals surface area contributed by atoms with Crippen molar-refractivity contribution < 1.29 is 14.3 Å². The molecule has 0 saturated heterocycles. The lowest BCUT2D eigenvalue weighted by Gasteiger charge is -2.21. The first-order valence-corrected chi connectivity index (χ1v) is 8.97. The molecule has 0 aliphatic heterocycles. The minimum Gasteiger partial charge on any atom is -0.497 e. The van der Waals surface area contributed by atoms with Gasteiger partial charge in [0.05, 0.1) is 26.5 Å². The molecule has 2 aromatic carbocycles. The fraction of sp³-hybridized carbons (Fsp3) is 0.381. The smallest absolute Gasteiger partial charge is 0.238 e. The van der Waals surface area contributed by atoms with Crippen molar-refractivity contribution in [3.8, 4) is 11.5 Å². The van der Waals surface area contributed by atoms with Crippen molar-refractivity contribution in [1.29, 1.82) is 0 Å². The second kappa shape index (κ2) is 9.83. The third-order valence-corrected chi connectivity index (χ3v) is 4.36. The SMILES string of the molecule is CCN(CC(=O)Nc1ccc(OC)cc1OC)Cc1ccc(N(C)C)cc1. The van der Waals surface area contributed by atoms with Crippen LogP contribution in [-0.2, 0) is 11.3 Å². The van der Waals surface area contributed by atoms with E-state index in [1.807, 2.05) is 14.1 Å². The minimum absolute atomic E-state index is 0.0785. The Hall–Kier alpha value is -2.73. The number of amides is 1. The van der Waals surface area contributed by atoms with Gasteiger partial charge < -0.3 is 19.7 Å². The van der Waals surface area contributed by atoms with Gasteiger partial charge in [-0.1, -0.05) is 19.1 Å². The van der Waals surface area contributed by atoms with Crippen LogP contribution < -0.4 is 19.7 Å². The first kappa shape index (κ1) is 20.6. The zero-order valence-corrected chi connectivity index (χ0v) is 16.8. The largest absolute Gasteiger partial charge is 0.497 e. The number of nitrogens with zero attached hydrogens (tertiary/aromatic N) is 2. The molecule has 0 aliphatic rings. The maximum Gasteiger partial charge on any atom is 0.238 e. The molecule has 27 heavy (non-hydrogen) atoms. The highest BCUT2D eigenvalue weighted by Crippen LogP contribution is 2.29. The molecule has 0 unspecified atom stereocenters. The minimum atomic E-state index is -0.0785. The van der Waals surface area contributed by atoms with Crippen LogP contribution in [0.5, 0.6) is 11.5 Å². The van der Waals surface area contributed by atoms with Crippen molar-refractivity contribution in [2.75, 3.05) is 51.6 Å². The van der Waals surface area contributed by atoms with Crippen molar-refractivity contribution in [1.82, 2.24) is 4.90 Å². The van der Waals surface area contributed by atoms with Crippen molar-refractivity contribution in [2.45, 2.75) is 13.5 Å². The summed E-state index contributed by atoms with van der Waals surface area (Å²) >= 11 is 0. The zero-order valence-electron chi connectivity index (χ0n) is 16.8. The summed E-state index contributed by atoms with van der Waals surface area (Å²) in [4.78, 5) is 16.7. The van der Waals surface area contributed by atoms with E-state index in [4.69, 9.17) is 9.47 Å². The van der Waals surface area contributed by atoms with Gasteiger partial charge in [0.2, 0.25) is 5.91 Å². The first-order valence-electron chi connectivity index (χ1n) is 8.97. The first-order chi connectivity index (χ1) is 13.0. The van der Waals surface area contributed by atoms with Crippen LogP contribution in [0.1, 0.15) is 12.5 Å². The number of anilines is 2. The summed E-state index contributed by atoms with van der Waals surface area (Å²) in [5, 5.41) is 2.92. The van der Waals surface area contributed by atoms with E-state index in [0.717, 1.165) is 18.8 Å². The monoisotopic (exact) mass is 371 g/mol. The number of hydrogen-bond acceptors (Lipinski definition) is 5. The number of carbonyl (C=O) groups excluding carboxylic acids is 1. The van der Waals surface area contributed by atoms with Gasteiger partial charge in [0.15, 0.2) is 0 Å². The van der Waals surface area contributed by atoms with E-state index in [0.29, 0.717) is 23.7 Å². The van der Waals surface area contributed by atoms with Crippen LogP contribution in [-0.4, -0.2) is 52.2 Å². The lowest BCUT2D eigenvalue weighted by molar-refractivity contribution is -0.117. The summed E-state index contributed by atoms with van der Waals surface area (Å²) in [6, 6.07) is 13.7. The molecule has 0 bridgehead atoms. The van der Waals surface area contributed by atoms with E-state index in [9.17, 15) is 4.79 Å². The number of rotatable bonds is 9. The van der Waals surface area contributed by atoms with E-state index < -0.39 is 0 Å². The summed E-state index contributed by atoms with van der Waals surface area (Å²) < 4.78 is 10.5. The van der Waals surface area contributed by atoms with Gasteiger partial charge in [0.1, 0.15) is 11.5 Å². The van der Waals surface area contributed by atoms with Crippen LogP contribution >= 0.6 is 0 Å². The standard InChI is InChI=1S/C21H29N3O3/c1-6-24(14-16-7-9-17(10-8-16)23(2)3)15-21(25)22-19-12-11-18(26-4)13-20(19)27-5/h7-13H,6,14-15H2,1-5H3,(H,22,25). The second-order valence-electron chi connectivity index (χ2n) is 6.48. The highest BCUT2D eigenvalue weighted by atomic mass is 16.5. The molecular formula is C21H29N3O3. The second-order valence-corrected chi connectivity index (χ2v) is 6.48. The molecule has 0 atom stereocenters. The molecule has 0 aromatic heterocycles. The molecule has 0 spiro atoms. The van der Waals surface area contributed by atoms with Gasteiger partial charge in [0, 0.05) is 32.4 Å². The predicted octanol–water partition coefficient (Wildman–Crippen LogP) is 3.23. The molecule has 2 aromatic rings. The van der Waals surface area contributed by atoms with E-state index >= 15 is 0 Å². The molecule has 0 heterocycles. The topological polar surface area (TPSA) is 54.0 Å². The Morgan fingerprint density at radius 1 is 1.04 bits per heavy atom. The molecule has 6 nitrogen and oxygen atoms in total. The lowest BCUT2D eigenvalue weighted by atomic mass is 10.2. The van der Waals surface area contributed by atoms with Gasteiger partial charge in [0.25, 0.3) is 0 Å². The quantitative estimate of drug-likeness (QED) is 0.733. The number of methoxy groups -OCH3 is 2. The number of likely N-dealkylation sites (N-methyl/N-ethyl adjacent to an activating group) is 1. The number of hydrogen-bond donors (Lipinski definition) is 1. The number of nitrogens with one attached hydrogen (secondary N) is 1. The molecule has 1 amide bonds. The predicted molar refractivity (Wildman–Crippen MR) is 110 cm³/mol. The Balaban J connectivity index is 1.98. The normalized spacial score (nSPS) is 10.6. The van der Waals surface area contributed by atoms with Gasteiger partial charge in [-0.05, 0) is 36.4 Å². The Bertz CT molecular complexity index is 745. The molecule has 0 radical (unpaired) electrons. The molecular weight excluding hydrogens is 342 g/mol. The van der Waals surface area contributed by atoms with Gasteiger partial charge in [-0.3, -0.25) is 9.69 Å². The molecule has 146 valence electrons. The Morgan fingerprint density at radius 2 is 1.74 bits per heavy atom. The van der Waals surface area contributed by atoms with Gasteiger partial charge in [-0.15, -0.1) is 0 Å². The van der Waals surface area contributed by atoms with Gasteiger partial charge in [-0.25, -0.2) is 0 Å².